The molecule has 2 amide bonds. The zero-order valence-corrected chi connectivity index (χ0v) is 25.7. The second kappa shape index (κ2) is 14.4. The van der Waals surface area contributed by atoms with Crippen molar-refractivity contribution in [1.82, 2.24) is 10.2 Å². The van der Waals surface area contributed by atoms with Crippen LogP contribution in [0.15, 0.2) is 77.7 Å². The van der Waals surface area contributed by atoms with Crippen LogP contribution in [0, 0.1) is 6.92 Å². The van der Waals surface area contributed by atoms with Gasteiger partial charge in [-0.2, -0.15) is 0 Å². The van der Waals surface area contributed by atoms with Gasteiger partial charge in [0, 0.05) is 17.6 Å². The minimum Gasteiger partial charge on any atom is -0.497 e. The van der Waals surface area contributed by atoms with Crippen molar-refractivity contribution in [2.24, 2.45) is 0 Å². The van der Waals surface area contributed by atoms with E-state index in [9.17, 15) is 18.0 Å². The van der Waals surface area contributed by atoms with E-state index in [-0.39, 0.29) is 29.1 Å². The fourth-order valence-electron chi connectivity index (χ4n) is 4.38. The number of hydrogen-bond acceptors (Lipinski definition) is 5. The number of hydrogen-bond donors (Lipinski definition) is 1. The van der Waals surface area contributed by atoms with E-state index < -0.39 is 28.5 Å². The number of aryl methyl sites for hydroxylation is 1. The van der Waals surface area contributed by atoms with Gasteiger partial charge in [-0.05, 0) is 80.8 Å². The molecule has 41 heavy (non-hydrogen) atoms. The lowest BCUT2D eigenvalue weighted by Crippen LogP contribution is -2.53. The summed E-state index contributed by atoms with van der Waals surface area (Å²) in [7, 11) is -2.70. The van der Waals surface area contributed by atoms with Crippen LogP contribution in [0.25, 0.3) is 0 Å². The van der Waals surface area contributed by atoms with Crippen molar-refractivity contribution in [2.45, 2.75) is 64.1 Å². The van der Waals surface area contributed by atoms with E-state index in [2.05, 4.69) is 5.32 Å². The van der Waals surface area contributed by atoms with Crippen molar-refractivity contribution in [3.63, 3.8) is 0 Å². The Labute approximate surface area is 248 Å². The maximum atomic E-state index is 14.1. The first-order valence-electron chi connectivity index (χ1n) is 13.6. The second-order valence-electron chi connectivity index (χ2n) is 9.92. The molecule has 0 spiro atoms. The van der Waals surface area contributed by atoms with Gasteiger partial charge < -0.3 is 15.0 Å². The van der Waals surface area contributed by atoms with Gasteiger partial charge in [0.05, 0.1) is 17.7 Å². The number of carbonyl (C=O) groups is 2. The molecular formula is C31H38ClN3O5S. The van der Waals surface area contributed by atoms with E-state index >= 15 is 0 Å². The molecule has 220 valence electrons. The third-order valence-corrected chi connectivity index (χ3v) is 8.90. The summed E-state index contributed by atoms with van der Waals surface area (Å²) in [6, 6.07) is 19.0. The monoisotopic (exact) mass is 599 g/mol. The lowest BCUT2D eigenvalue weighted by atomic mass is 10.1. The molecule has 3 aromatic carbocycles. The van der Waals surface area contributed by atoms with Crippen molar-refractivity contribution < 1.29 is 22.7 Å². The molecule has 2 atom stereocenters. The van der Waals surface area contributed by atoms with Crippen LogP contribution in [0.1, 0.15) is 44.7 Å². The zero-order valence-electron chi connectivity index (χ0n) is 24.1. The summed E-state index contributed by atoms with van der Waals surface area (Å²) in [6.07, 6.45) is 1.09. The van der Waals surface area contributed by atoms with E-state index in [1.54, 1.807) is 36.4 Å². The first-order chi connectivity index (χ1) is 19.5. The normalized spacial score (nSPS) is 12.7. The summed E-state index contributed by atoms with van der Waals surface area (Å²) >= 11 is 6.09. The summed E-state index contributed by atoms with van der Waals surface area (Å²) in [6.45, 7) is 7.28. The summed E-state index contributed by atoms with van der Waals surface area (Å²) in [5.74, 6) is -0.288. The molecule has 0 heterocycles. The molecule has 0 aliphatic rings. The van der Waals surface area contributed by atoms with Gasteiger partial charge in [-0.1, -0.05) is 55.3 Å². The van der Waals surface area contributed by atoms with Gasteiger partial charge in [0.15, 0.2) is 0 Å². The van der Waals surface area contributed by atoms with Crippen molar-refractivity contribution in [3.8, 4) is 5.75 Å². The smallest absolute Gasteiger partial charge is 0.264 e. The summed E-state index contributed by atoms with van der Waals surface area (Å²) in [5, 5.41) is 3.41. The van der Waals surface area contributed by atoms with Crippen LogP contribution in [0.2, 0.25) is 5.02 Å². The first-order valence-corrected chi connectivity index (χ1v) is 15.4. The number of benzene rings is 3. The van der Waals surface area contributed by atoms with Crippen LogP contribution in [0.4, 0.5) is 5.69 Å². The van der Waals surface area contributed by atoms with Crippen molar-refractivity contribution in [1.29, 1.82) is 0 Å². The third kappa shape index (κ3) is 8.24. The van der Waals surface area contributed by atoms with E-state index in [0.717, 1.165) is 21.9 Å². The highest BCUT2D eigenvalue weighted by Crippen LogP contribution is 2.27. The number of nitrogens with one attached hydrogen (secondary N) is 1. The molecule has 0 radical (unpaired) electrons. The molecule has 0 aliphatic carbocycles. The number of sulfonamides is 1. The van der Waals surface area contributed by atoms with Crippen LogP contribution >= 0.6 is 11.6 Å². The van der Waals surface area contributed by atoms with Gasteiger partial charge in [0.2, 0.25) is 11.8 Å². The van der Waals surface area contributed by atoms with E-state index in [4.69, 9.17) is 16.3 Å². The maximum Gasteiger partial charge on any atom is 0.264 e. The number of methoxy groups -OCH3 is 1. The van der Waals surface area contributed by atoms with Gasteiger partial charge in [0.25, 0.3) is 10.0 Å². The summed E-state index contributed by atoms with van der Waals surface area (Å²) in [5.41, 5.74) is 2.12. The lowest BCUT2D eigenvalue weighted by molar-refractivity contribution is -0.140. The number of nitrogens with zero attached hydrogens (tertiary/aromatic N) is 2. The Hall–Kier alpha value is -3.56. The minimum atomic E-state index is -4.19. The summed E-state index contributed by atoms with van der Waals surface area (Å²) in [4.78, 5) is 28.9. The number of rotatable bonds is 13. The zero-order chi connectivity index (χ0) is 30.2. The second-order valence-corrected chi connectivity index (χ2v) is 12.2. The molecule has 0 saturated heterocycles. The Bertz CT molecular complexity index is 1430. The molecule has 1 N–H and O–H groups in total. The quantitative estimate of drug-likeness (QED) is 0.277. The average Bonchev–Trinajstić information content (AvgIpc) is 2.96. The van der Waals surface area contributed by atoms with Crippen molar-refractivity contribution in [3.05, 3.63) is 88.9 Å². The van der Waals surface area contributed by atoms with Crippen LogP contribution < -0.4 is 14.4 Å². The molecule has 0 saturated carbocycles. The van der Waals surface area contributed by atoms with Gasteiger partial charge in [-0.3, -0.25) is 13.9 Å². The lowest BCUT2D eigenvalue weighted by Gasteiger charge is -2.33. The Kier molecular flexibility index (Phi) is 11.2. The van der Waals surface area contributed by atoms with Crippen LogP contribution in [0.5, 0.6) is 5.75 Å². The van der Waals surface area contributed by atoms with Crippen molar-refractivity contribution >= 4 is 39.1 Å². The molecule has 3 aromatic rings. The molecule has 0 bridgehead atoms. The molecule has 8 nitrogen and oxygen atoms in total. The highest BCUT2D eigenvalue weighted by Gasteiger charge is 2.34. The first kappa shape index (κ1) is 32.0. The molecule has 0 aromatic heterocycles. The highest BCUT2D eigenvalue weighted by atomic mass is 35.5. The number of anilines is 1. The van der Waals surface area contributed by atoms with E-state index in [1.807, 2.05) is 52.0 Å². The largest absolute Gasteiger partial charge is 0.497 e. The Morgan fingerprint density at radius 2 is 1.63 bits per heavy atom. The van der Waals surface area contributed by atoms with Gasteiger partial charge in [-0.15, -0.1) is 0 Å². The van der Waals surface area contributed by atoms with Gasteiger partial charge in [0.1, 0.15) is 18.3 Å². The predicted octanol–water partition coefficient (Wildman–Crippen LogP) is 5.57. The molecule has 0 unspecified atom stereocenters. The third-order valence-electron chi connectivity index (χ3n) is 6.86. The Morgan fingerprint density at radius 3 is 2.20 bits per heavy atom. The number of ether oxygens (including phenoxy) is 1. The highest BCUT2D eigenvalue weighted by molar-refractivity contribution is 7.92. The van der Waals surface area contributed by atoms with Gasteiger partial charge in [-0.25, -0.2) is 8.42 Å². The number of amides is 2. The number of carbonyl (C=O) groups excluding carboxylic acids is 2. The molecule has 10 heteroatoms. The number of halogens is 1. The molecule has 3 rings (SSSR count). The minimum absolute atomic E-state index is 0.00663. The molecular weight excluding hydrogens is 562 g/mol. The van der Waals surface area contributed by atoms with Gasteiger partial charge >= 0.3 is 0 Å². The summed E-state index contributed by atoms with van der Waals surface area (Å²) < 4.78 is 34.1. The molecule has 0 aliphatic heterocycles. The molecule has 0 fully saturated rings. The standard InChI is InChI=1S/C31H38ClN3O5S/c1-6-23(4)33-31(37)29(7-2)34(20-24-10-8-9-22(3)19-24)30(36)21-35(26-13-11-25(32)12-14-26)41(38,39)28-17-15-27(40-5)16-18-28/h8-19,23,29H,6-7,20-21H2,1-5H3,(H,33,37)/t23-,29+/m0/s1. The fraction of sp³-hybridized carbons (Fsp3) is 0.355. The van der Waals surface area contributed by atoms with Crippen LogP contribution in [-0.4, -0.2) is 50.9 Å². The average molecular weight is 600 g/mol. The Balaban J connectivity index is 2.05. The Morgan fingerprint density at radius 1 is 0.976 bits per heavy atom. The van der Waals surface area contributed by atoms with Crippen molar-refractivity contribution in [2.75, 3.05) is 18.0 Å². The van der Waals surface area contributed by atoms with E-state index in [0.29, 0.717) is 17.2 Å². The van der Waals surface area contributed by atoms with E-state index in [1.165, 1.54) is 24.1 Å². The van der Waals surface area contributed by atoms with Crippen LogP contribution in [-0.2, 0) is 26.2 Å². The topological polar surface area (TPSA) is 96.0 Å². The predicted molar refractivity (Wildman–Crippen MR) is 163 cm³/mol. The van der Waals surface area contributed by atoms with Crippen LogP contribution in [0.3, 0.4) is 0 Å². The SMILES string of the molecule is CC[C@H](C(=O)N[C@@H](C)CC)N(Cc1cccc(C)c1)C(=O)CN(c1ccc(Cl)cc1)S(=O)(=O)c1ccc(OC)cc1. The maximum absolute atomic E-state index is 14.1. The fourth-order valence-corrected chi connectivity index (χ4v) is 5.92.